The van der Waals surface area contributed by atoms with Crippen LogP contribution in [-0.4, -0.2) is 36.2 Å². The summed E-state index contributed by atoms with van der Waals surface area (Å²) in [5.74, 6) is -0.388. The summed E-state index contributed by atoms with van der Waals surface area (Å²) in [5.41, 5.74) is 6.98. The summed E-state index contributed by atoms with van der Waals surface area (Å²) in [6.07, 6.45) is 4.98. The van der Waals surface area contributed by atoms with Gasteiger partial charge in [-0.25, -0.2) is 0 Å². The number of nitrogens with one attached hydrogen (secondary N) is 1. The molecule has 7 heteroatoms. The zero-order valence-corrected chi connectivity index (χ0v) is 29.2. The van der Waals surface area contributed by atoms with E-state index in [9.17, 15) is 14.7 Å². The van der Waals surface area contributed by atoms with Crippen molar-refractivity contribution in [2.24, 2.45) is 17.8 Å². The van der Waals surface area contributed by atoms with Crippen molar-refractivity contribution in [3.8, 4) is 11.5 Å². The van der Waals surface area contributed by atoms with Gasteiger partial charge in [0.15, 0.2) is 0 Å². The highest BCUT2D eigenvalue weighted by atomic mass is 16.5. The van der Waals surface area contributed by atoms with Crippen molar-refractivity contribution in [2.75, 3.05) is 23.4 Å². The van der Waals surface area contributed by atoms with Gasteiger partial charge in [0.1, 0.15) is 18.1 Å². The predicted octanol–water partition coefficient (Wildman–Crippen LogP) is 9.46. The molecule has 2 amide bonds. The van der Waals surface area contributed by atoms with Crippen LogP contribution in [0.4, 0.5) is 17.1 Å². The van der Waals surface area contributed by atoms with E-state index in [0.29, 0.717) is 25.3 Å². The maximum absolute atomic E-state index is 14.3. The molecule has 2 saturated heterocycles. The Morgan fingerprint density at radius 1 is 0.827 bits per heavy atom. The third-order valence-electron chi connectivity index (χ3n) is 10.8. The Morgan fingerprint density at radius 2 is 1.52 bits per heavy atom. The summed E-state index contributed by atoms with van der Waals surface area (Å²) >= 11 is 0. The molecule has 5 aromatic rings. The lowest BCUT2D eigenvalue weighted by molar-refractivity contribution is -0.122. The van der Waals surface area contributed by atoms with E-state index in [1.54, 1.807) is 6.07 Å². The molecule has 2 N–H and O–H groups in total. The van der Waals surface area contributed by atoms with E-state index < -0.39 is 11.8 Å². The first-order chi connectivity index (χ1) is 25.5. The standard InChI is InChI=1S/C45H42N2O5/c1-2-29(25-30-18-23-40(48)37-16-10-9-15-36(30)37)17-24-41-42-31(27-51-35-13-7-4-8-14-35)26-38-43(39(42)28-52-41)45(50)47(44(38)49)34-21-19-33(20-22-34)46-32-11-5-3-6-12-32/h3-16,18-23,25,38-39,41,43,46,48H,2,17,24,26-28H2,1H3/b29-25+/t38-,39+,41-,43-/m1/s1. The molecule has 5 aromatic carbocycles. The number of aromatic hydroxyl groups is 1. The molecule has 0 saturated carbocycles. The lowest BCUT2D eigenvalue weighted by Gasteiger charge is -2.31. The highest BCUT2D eigenvalue weighted by Crippen LogP contribution is 2.51. The summed E-state index contributed by atoms with van der Waals surface area (Å²) in [4.78, 5) is 29.8. The minimum Gasteiger partial charge on any atom is -0.507 e. The number of anilines is 3. The first kappa shape index (κ1) is 33.5. The molecule has 0 unspecified atom stereocenters. The number of carbonyl (C=O) groups excluding carboxylic acids is 2. The van der Waals surface area contributed by atoms with Crippen LogP contribution >= 0.6 is 0 Å². The van der Waals surface area contributed by atoms with Crippen LogP contribution in [0.5, 0.6) is 11.5 Å². The minimum atomic E-state index is -0.473. The molecule has 3 aliphatic rings. The largest absolute Gasteiger partial charge is 0.507 e. The lowest BCUT2D eigenvalue weighted by Crippen LogP contribution is -2.35. The molecule has 0 spiro atoms. The van der Waals surface area contributed by atoms with E-state index in [-0.39, 0.29) is 29.6 Å². The van der Waals surface area contributed by atoms with Gasteiger partial charge in [-0.3, -0.25) is 14.5 Å². The second-order valence-corrected chi connectivity index (χ2v) is 13.9. The first-order valence-electron chi connectivity index (χ1n) is 18.2. The van der Waals surface area contributed by atoms with E-state index in [4.69, 9.17) is 9.47 Å². The highest BCUT2D eigenvalue weighted by molar-refractivity contribution is 6.22. The normalized spacial score (nSPS) is 21.4. The van der Waals surface area contributed by atoms with E-state index in [0.717, 1.165) is 63.9 Å². The predicted molar refractivity (Wildman–Crippen MR) is 206 cm³/mol. The van der Waals surface area contributed by atoms with Crippen molar-refractivity contribution < 1.29 is 24.2 Å². The Morgan fingerprint density at radius 3 is 2.27 bits per heavy atom. The van der Waals surface area contributed by atoms with Crippen LogP contribution < -0.4 is 15.0 Å². The molecule has 52 heavy (non-hydrogen) atoms. The SMILES string of the molecule is CC/C(=C\c1ccc(O)c2ccccc12)CC[C@H]1OC[C@H]2C1=C(COc1ccccc1)C[C@H]1C(=O)N(c3ccc(Nc4ccccc4)cc3)C(=O)[C@H]12. The number of phenols is 1. The zero-order valence-electron chi connectivity index (χ0n) is 29.2. The molecule has 8 rings (SSSR count). The number of nitrogens with zero attached hydrogens (tertiary/aromatic N) is 1. The van der Waals surface area contributed by atoms with Crippen molar-refractivity contribution in [3.63, 3.8) is 0 Å². The van der Waals surface area contributed by atoms with Crippen molar-refractivity contribution in [1.82, 2.24) is 0 Å². The van der Waals surface area contributed by atoms with Crippen LogP contribution in [-0.2, 0) is 14.3 Å². The number of benzene rings is 5. The second-order valence-electron chi connectivity index (χ2n) is 13.9. The molecule has 262 valence electrons. The molecule has 4 atom stereocenters. The number of para-hydroxylation sites is 2. The van der Waals surface area contributed by atoms with E-state index in [1.165, 1.54) is 10.5 Å². The number of allylic oxidation sites excluding steroid dienone is 1. The van der Waals surface area contributed by atoms with Crippen LogP contribution in [0.3, 0.4) is 0 Å². The summed E-state index contributed by atoms with van der Waals surface area (Å²) in [7, 11) is 0. The van der Waals surface area contributed by atoms with Crippen LogP contribution in [0.25, 0.3) is 16.8 Å². The van der Waals surface area contributed by atoms with E-state index >= 15 is 0 Å². The maximum atomic E-state index is 14.3. The molecule has 1 aliphatic carbocycles. The van der Waals surface area contributed by atoms with Crippen molar-refractivity contribution in [1.29, 1.82) is 0 Å². The van der Waals surface area contributed by atoms with Crippen molar-refractivity contribution >= 4 is 45.7 Å². The van der Waals surface area contributed by atoms with Crippen LogP contribution in [0, 0.1) is 17.8 Å². The number of rotatable bonds is 11. The number of fused-ring (bicyclic) bond motifs is 4. The Hall–Kier alpha value is -5.66. The van der Waals surface area contributed by atoms with Crippen LogP contribution in [0.15, 0.2) is 138 Å². The molecular formula is C45H42N2O5. The first-order valence-corrected chi connectivity index (χ1v) is 18.2. The fraction of sp³-hybridized carbons (Fsp3) is 0.244. The molecule has 7 nitrogen and oxygen atoms in total. The Labute approximate surface area is 304 Å². The van der Waals surface area contributed by atoms with Gasteiger partial charge in [-0.1, -0.05) is 85.3 Å². The molecule has 0 aromatic heterocycles. The molecule has 0 bridgehead atoms. The summed E-state index contributed by atoms with van der Waals surface area (Å²) < 4.78 is 12.9. The van der Waals surface area contributed by atoms with Gasteiger partial charge in [0.25, 0.3) is 0 Å². The van der Waals surface area contributed by atoms with Crippen LogP contribution in [0.1, 0.15) is 38.2 Å². The Kier molecular flexibility index (Phi) is 9.35. The van der Waals surface area contributed by atoms with Crippen molar-refractivity contribution in [3.05, 3.63) is 144 Å². The summed E-state index contributed by atoms with van der Waals surface area (Å²) in [6, 6.07) is 38.7. The fourth-order valence-corrected chi connectivity index (χ4v) is 8.25. The van der Waals surface area contributed by atoms with Gasteiger partial charge in [-0.15, -0.1) is 0 Å². The van der Waals surface area contributed by atoms with Gasteiger partial charge in [-0.2, -0.15) is 0 Å². The highest BCUT2D eigenvalue weighted by Gasteiger charge is 2.57. The van der Waals surface area contributed by atoms with Gasteiger partial charge in [0.05, 0.1) is 30.2 Å². The van der Waals surface area contributed by atoms with Crippen LogP contribution in [0.2, 0.25) is 0 Å². The smallest absolute Gasteiger partial charge is 0.238 e. The quantitative estimate of drug-likeness (QED) is 0.106. The maximum Gasteiger partial charge on any atom is 0.238 e. The van der Waals surface area contributed by atoms with Gasteiger partial charge in [0, 0.05) is 22.7 Å². The molecule has 2 aliphatic heterocycles. The molecule has 0 radical (unpaired) electrons. The molecule has 2 heterocycles. The monoisotopic (exact) mass is 690 g/mol. The average molecular weight is 691 g/mol. The number of hydrogen-bond acceptors (Lipinski definition) is 6. The summed E-state index contributed by atoms with van der Waals surface area (Å²) in [5, 5.41) is 15.6. The second kappa shape index (κ2) is 14.5. The number of ether oxygens (including phenoxy) is 2. The number of hydrogen-bond donors (Lipinski definition) is 2. The van der Waals surface area contributed by atoms with Gasteiger partial charge < -0.3 is 19.9 Å². The average Bonchev–Trinajstić information content (AvgIpc) is 3.72. The molecule has 2 fully saturated rings. The zero-order chi connectivity index (χ0) is 35.6. The lowest BCUT2D eigenvalue weighted by atomic mass is 9.69. The minimum absolute atomic E-state index is 0.151. The Bertz CT molecular complexity index is 2160. The fourth-order valence-electron chi connectivity index (χ4n) is 8.25. The van der Waals surface area contributed by atoms with Gasteiger partial charge in [0.2, 0.25) is 11.8 Å². The third kappa shape index (κ3) is 6.48. The van der Waals surface area contributed by atoms with E-state index in [1.807, 2.05) is 115 Å². The third-order valence-corrected chi connectivity index (χ3v) is 10.8. The topological polar surface area (TPSA) is 88.1 Å². The van der Waals surface area contributed by atoms with Gasteiger partial charge in [-0.05, 0) is 102 Å². The number of carbonyl (C=O) groups is 2. The number of phenolic OH excluding ortho intramolecular Hbond substituents is 1. The Balaban J connectivity index is 1.05. The van der Waals surface area contributed by atoms with Gasteiger partial charge >= 0.3 is 0 Å². The number of amides is 2. The van der Waals surface area contributed by atoms with Crippen molar-refractivity contribution in [2.45, 2.75) is 38.7 Å². The number of imide groups is 1. The molecular weight excluding hydrogens is 649 g/mol. The van der Waals surface area contributed by atoms with E-state index in [2.05, 4.69) is 18.3 Å². The summed E-state index contributed by atoms with van der Waals surface area (Å²) in [6.45, 7) is 2.91.